The summed E-state index contributed by atoms with van der Waals surface area (Å²) in [6.07, 6.45) is -2.70. The van der Waals surface area contributed by atoms with E-state index in [9.17, 15) is 18.0 Å². The number of amides is 1. The molecule has 0 aliphatic rings. The molecule has 0 aliphatic carbocycles. The maximum absolute atomic E-state index is 12.5. The predicted octanol–water partition coefficient (Wildman–Crippen LogP) is 1.21. The molecule has 17 heavy (non-hydrogen) atoms. The summed E-state index contributed by atoms with van der Waals surface area (Å²) in [4.78, 5) is 14.9. The fourth-order valence-corrected chi connectivity index (χ4v) is 1.10. The van der Waals surface area contributed by atoms with E-state index in [0.717, 1.165) is 18.5 Å². The summed E-state index contributed by atoms with van der Waals surface area (Å²) >= 11 is 0. The maximum atomic E-state index is 12.5. The molecular weight excluding hydrogens is 259 g/mol. The molecule has 0 radical (unpaired) electrons. The number of carbonyl (C=O) groups is 1. The number of nitrogens with zero attached hydrogens (tertiary/aromatic N) is 1. The quantitative estimate of drug-likeness (QED) is 0.867. The molecule has 0 spiro atoms. The zero-order valence-electron chi connectivity index (χ0n) is 8.62. The lowest BCUT2D eigenvalue weighted by Gasteiger charge is -2.11. The number of aromatic nitrogens is 1. The molecule has 0 fully saturated rings. The van der Waals surface area contributed by atoms with Crippen molar-refractivity contribution >= 4 is 18.3 Å². The van der Waals surface area contributed by atoms with Crippen molar-refractivity contribution in [2.45, 2.75) is 6.18 Å². The van der Waals surface area contributed by atoms with Gasteiger partial charge in [-0.15, -0.1) is 12.4 Å². The molecule has 0 atom stereocenters. The Morgan fingerprint density at radius 3 is 2.65 bits per heavy atom. The van der Waals surface area contributed by atoms with Crippen LogP contribution in [0.25, 0.3) is 0 Å². The van der Waals surface area contributed by atoms with E-state index in [0.29, 0.717) is 0 Å². The second-order valence-corrected chi connectivity index (χ2v) is 2.96. The molecule has 1 rings (SSSR count). The van der Waals surface area contributed by atoms with Gasteiger partial charge in [0, 0.05) is 25.5 Å². The first-order chi connectivity index (χ1) is 7.46. The molecule has 4 nitrogen and oxygen atoms in total. The summed E-state index contributed by atoms with van der Waals surface area (Å²) < 4.78 is 37.5. The standard InChI is InChI=1S/C9H10F3N3O.ClH/c10-9(11,12)7-1-3-14-5-6(7)8(16)15-4-2-13;/h1,3,5H,2,4,13H2,(H,15,16);1H. The number of hydrogen-bond donors (Lipinski definition) is 2. The fraction of sp³-hybridized carbons (Fsp3) is 0.333. The number of hydrogen-bond acceptors (Lipinski definition) is 3. The lowest BCUT2D eigenvalue weighted by molar-refractivity contribution is -0.138. The van der Waals surface area contributed by atoms with Gasteiger partial charge in [-0.2, -0.15) is 13.2 Å². The highest BCUT2D eigenvalue weighted by Gasteiger charge is 2.35. The van der Waals surface area contributed by atoms with E-state index in [2.05, 4.69) is 10.3 Å². The van der Waals surface area contributed by atoms with Crippen LogP contribution in [-0.2, 0) is 6.18 Å². The van der Waals surface area contributed by atoms with Gasteiger partial charge in [0.2, 0.25) is 0 Å². The van der Waals surface area contributed by atoms with Crippen molar-refractivity contribution in [1.29, 1.82) is 0 Å². The summed E-state index contributed by atoms with van der Waals surface area (Å²) in [5.41, 5.74) is 3.63. The van der Waals surface area contributed by atoms with Gasteiger partial charge >= 0.3 is 6.18 Å². The molecule has 8 heteroatoms. The fourth-order valence-electron chi connectivity index (χ4n) is 1.10. The maximum Gasteiger partial charge on any atom is 0.417 e. The van der Waals surface area contributed by atoms with Crippen molar-refractivity contribution in [1.82, 2.24) is 10.3 Å². The number of nitrogens with two attached hydrogens (primary N) is 1. The van der Waals surface area contributed by atoms with Crippen LogP contribution in [0.5, 0.6) is 0 Å². The zero-order chi connectivity index (χ0) is 12.2. The highest BCUT2D eigenvalue weighted by atomic mass is 35.5. The second kappa shape index (κ2) is 6.41. The molecule has 1 amide bonds. The van der Waals surface area contributed by atoms with Crippen LogP contribution >= 0.6 is 12.4 Å². The topological polar surface area (TPSA) is 68.0 Å². The van der Waals surface area contributed by atoms with Crippen LogP contribution < -0.4 is 11.1 Å². The van der Waals surface area contributed by atoms with Crippen LogP contribution in [0.3, 0.4) is 0 Å². The molecule has 0 aromatic carbocycles. The Bertz CT molecular complexity index is 384. The Morgan fingerprint density at radius 2 is 2.12 bits per heavy atom. The van der Waals surface area contributed by atoms with Crippen LogP contribution in [0.4, 0.5) is 13.2 Å². The minimum atomic E-state index is -4.57. The van der Waals surface area contributed by atoms with E-state index in [4.69, 9.17) is 5.73 Å². The molecule has 1 aromatic heterocycles. The molecule has 0 bridgehead atoms. The molecular formula is C9H11ClF3N3O. The van der Waals surface area contributed by atoms with E-state index in [1.807, 2.05) is 0 Å². The Balaban J connectivity index is 0.00000256. The molecule has 1 aromatic rings. The van der Waals surface area contributed by atoms with Gasteiger partial charge in [0.25, 0.3) is 5.91 Å². The summed E-state index contributed by atoms with van der Waals surface area (Å²) in [7, 11) is 0. The third-order valence-corrected chi connectivity index (χ3v) is 1.80. The summed E-state index contributed by atoms with van der Waals surface area (Å²) in [6, 6.07) is 0.761. The Labute approximate surface area is 102 Å². The third-order valence-electron chi connectivity index (χ3n) is 1.80. The van der Waals surface area contributed by atoms with Crippen LogP contribution in [0.1, 0.15) is 15.9 Å². The third kappa shape index (κ3) is 4.20. The first kappa shape index (κ1) is 15.7. The van der Waals surface area contributed by atoms with Gasteiger partial charge in [0.15, 0.2) is 0 Å². The average molecular weight is 270 g/mol. The minimum absolute atomic E-state index is 0. The van der Waals surface area contributed by atoms with Gasteiger partial charge < -0.3 is 11.1 Å². The van der Waals surface area contributed by atoms with Gasteiger partial charge in [-0.3, -0.25) is 9.78 Å². The largest absolute Gasteiger partial charge is 0.417 e. The number of carbonyl (C=O) groups excluding carboxylic acids is 1. The zero-order valence-corrected chi connectivity index (χ0v) is 9.44. The van der Waals surface area contributed by atoms with E-state index >= 15 is 0 Å². The molecule has 0 unspecified atom stereocenters. The first-order valence-corrected chi connectivity index (χ1v) is 4.46. The summed E-state index contributed by atoms with van der Waals surface area (Å²) in [5, 5.41) is 2.26. The lowest BCUT2D eigenvalue weighted by atomic mass is 10.1. The van der Waals surface area contributed by atoms with Gasteiger partial charge in [-0.05, 0) is 6.07 Å². The van der Waals surface area contributed by atoms with Crippen LogP contribution in [0.15, 0.2) is 18.5 Å². The smallest absolute Gasteiger partial charge is 0.351 e. The van der Waals surface area contributed by atoms with Gasteiger partial charge in [0.1, 0.15) is 0 Å². The van der Waals surface area contributed by atoms with E-state index in [1.165, 1.54) is 0 Å². The van der Waals surface area contributed by atoms with Crippen molar-refractivity contribution in [2.24, 2.45) is 5.73 Å². The second-order valence-electron chi connectivity index (χ2n) is 2.96. The number of rotatable bonds is 3. The van der Waals surface area contributed by atoms with Gasteiger partial charge in [-0.1, -0.05) is 0 Å². The summed E-state index contributed by atoms with van der Waals surface area (Å²) in [6.45, 7) is 0.276. The van der Waals surface area contributed by atoms with E-state index in [1.54, 1.807) is 0 Å². The molecule has 3 N–H and O–H groups in total. The SMILES string of the molecule is Cl.NCCNC(=O)c1cnccc1C(F)(F)F. The normalized spacial score (nSPS) is 10.6. The average Bonchev–Trinajstić information content (AvgIpc) is 2.24. The molecule has 0 saturated heterocycles. The first-order valence-electron chi connectivity index (χ1n) is 4.46. The molecule has 0 aliphatic heterocycles. The Hall–Kier alpha value is -1.34. The lowest BCUT2D eigenvalue weighted by Crippen LogP contribution is -2.30. The monoisotopic (exact) mass is 269 g/mol. The number of halogens is 4. The van der Waals surface area contributed by atoms with Crippen molar-refractivity contribution in [3.05, 3.63) is 29.6 Å². The Kier molecular flexibility index (Phi) is 5.90. The highest BCUT2D eigenvalue weighted by Crippen LogP contribution is 2.31. The van der Waals surface area contributed by atoms with Crippen LogP contribution in [-0.4, -0.2) is 24.0 Å². The molecule has 96 valence electrons. The van der Waals surface area contributed by atoms with Crippen molar-refractivity contribution in [3.8, 4) is 0 Å². The van der Waals surface area contributed by atoms with E-state index < -0.39 is 23.2 Å². The van der Waals surface area contributed by atoms with Gasteiger partial charge in [-0.25, -0.2) is 0 Å². The summed E-state index contributed by atoms with van der Waals surface area (Å²) in [5.74, 6) is -0.828. The van der Waals surface area contributed by atoms with E-state index in [-0.39, 0.29) is 25.5 Å². The predicted molar refractivity (Wildman–Crippen MR) is 57.9 cm³/mol. The van der Waals surface area contributed by atoms with Crippen LogP contribution in [0, 0.1) is 0 Å². The number of alkyl halides is 3. The Morgan fingerprint density at radius 1 is 1.47 bits per heavy atom. The number of pyridine rings is 1. The number of nitrogens with one attached hydrogen (secondary N) is 1. The van der Waals surface area contributed by atoms with Gasteiger partial charge in [0.05, 0.1) is 11.1 Å². The van der Waals surface area contributed by atoms with Crippen molar-refractivity contribution in [3.63, 3.8) is 0 Å². The van der Waals surface area contributed by atoms with Crippen molar-refractivity contribution in [2.75, 3.05) is 13.1 Å². The highest BCUT2D eigenvalue weighted by molar-refractivity contribution is 5.95. The minimum Gasteiger partial charge on any atom is -0.351 e. The molecule has 1 heterocycles. The van der Waals surface area contributed by atoms with Crippen LogP contribution in [0.2, 0.25) is 0 Å². The molecule has 0 saturated carbocycles. The van der Waals surface area contributed by atoms with Crippen molar-refractivity contribution < 1.29 is 18.0 Å².